The van der Waals surface area contributed by atoms with E-state index in [0.717, 1.165) is 26.6 Å². The molecule has 9 nitrogen and oxygen atoms in total. The summed E-state index contributed by atoms with van der Waals surface area (Å²) in [5.74, 6) is 0.474. The number of carbonyl (C=O) groups excluding carboxylic acids is 1. The van der Waals surface area contributed by atoms with Gasteiger partial charge in [0.2, 0.25) is 5.95 Å². The third-order valence-corrected chi connectivity index (χ3v) is 4.89. The van der Waals surface area contributed by atoms with E-state index in [-0.39, 0.29) is 25.5 Å². The minimum Gasteiger partial charge on any atom is -0.483 e. The van der Waals surface area contributed by atoms with Crippen molar-refractivity contribution in [3.8, 4) is 0 Å². The number of nitrogens with one attached hydrogen (secondary N) is 1. The summed E-state index contributed by atoms with van der Waals surface area (Å²) >= 11 is 3.42. The van der Waals surface area contributed by atoms with Crippen molar-refractivity contribution >= 4 is 56.7 Å². The molecule has 0 radical (unpaired) electrons. The first kappa shape index (κ1) is 25.0. The number of carboxylic acid groups (broad SMARTS) is 1. The summed E-state index contributed by atoms with van der Waals surface area (Å²) in [6, 6.07) is 13.3. The molecular weight excluding hydrogens is 480 g/mol. The van der Waals surface area contributed by atoms with Gasteiger partial charge in [-0.25, -0.2) is 4.98 Å². The smallest absolute Gasteiger partial charge is 0.306 e. The van der Waals surface area contributed by atoms with Gasteiger partial charge in [0.05, 0.1) is 11.6 Å². The molecule has 0 bridgehead atoms. The maximum absolute atomic E-state index is 11.8. The number of hydrogen-bond acceptors (Lipinski definition) is 8. The van der Waals surface area contributed by atoms with Crippen molar-refractivity contribution in [2.75, 3.05) is 17.7 Å². The Balaban J connectivity index is 0.00000114. The topological polar surface area (TPSA) is 148 Å². The molecule has 1 atom stereocenters. The molecule has 3 rings (SSSR count). The Bertz CT molecular complexity index is 1060. The van der Waals surface area contributed by atoms with E-state index in [4.69, 9.17) is 20.4 Å². The summed E-state index contributed by atoms with van der Waals surface area (Å²) in [7, 11) is 0. The van der Waals surface area contributed by atoms with Crippen LogP contribution in [0.25, 0.3) is 10.9 Å². The van der Waals surface area contributed by atoms with Crippen LogP contribution in [0, 0.1) is 0 Å². The Morgan fingerprint density at radius 1 is 1.28 bits per heavy atom. The molecular formula is C22H25BrN4O5. The highest BCUT2D eigenvalue weighted by atomic mass is 79.9. The van der Waals surface area contributed by atoms with Crippen LogP contribution in [-0.4, -0.2) is 45.3 Å². The second-order valence-electron chi connectivity index (χ2n) is 6.77. The molecule has 1 aromatic heterocycles. The highest BCUT2D eigenvalue weighted by Gasteiger charge is 2.09. The number of fused-ring (bicyclic) bond motifs is 1. The zero-order valence-corrected chi connectivity index (χ0v) is 19.1. The van der Waals surface area contributed by atoms with E-state index in [1.807, 2.05) is 49.4 Å². The van der Waals surface area contributed by atoms with Crippen molar-refractivity contribution in [3.05, 3.63) is 52.5 Å². The van der Waals surface area contributed by atoms with Crippen LogP contribution in [0.15, 0.2) is 46.9 Å². The van der Waals surface area contributed by atoms with E-state index in [1.54, 1.807) is 0 Å². The molecule has 0 fully saturated rings. The molecule has 32 heavy (non-hydrogen) atoms. The number of nitrogens with two attached hydrogens (primary N) is 1. The Kier molecular flexibility index (Phi) is 9.83. The number of aliphatic hydroxyl groups excluding tert-OH is 1. The minimum atomic E-state index is -0.609. The summed E-state index contributed by atoms with van der Waals surface area (Å²) in [6.45, 7) is 1.62. The third kappa shape index (κ3) is 7.78. The predicted octanol–water partition coefficient (Wildman–Crippen LogP) is 3.67. The number of esters is 1. The lowest BCUT2D eigenvalue weighted by molar-refractivity contribution is -0.146. The van der Waals surface area contributed by atoms with Crippen LogP contribution in [0.3, 0.4) is 0 Å². The summed E-state index contributed by atoms with van der Waals surface area (Å²) < 4.78 is 5.98. The molecule has 0 saturated heterocycles. The Morgan fingerprint density at radius 2 is 2.03 bits per heavy atom. The zero-order chi connectivity index (χ0) is 23.5. The minimum absolute atomic E-state index is 0.0359. The number of benzene rings is 2. The van der Waals surface area contributed by atoms with Crippen LogP contribution in [-0.2, 0) is 20.7 Å². The molecule has 10 heteroatoms. The fourth-order valence-corrected chi connectivity index (χ4v) is 3.10. The van der Waals surface area contributed by atoms with E-state index >= 15 is 0 Å². The van der Waals surface area contributed by atoms with E-state index in [0.29, 0.717) is 24.6 Å². The maximum atomic E-state index is 11.8. The number of ether oxygens (including phenoxy) is 1. The first-order valence-electron chi connectivity index (χ1n) is 9.86. The second kappa shape index (κ2) is 12.6. The largest absolute Gasteiger partial charge is 0.483 e. The van der Waals surface area contributed by atoms with Gasteiger partial charge >= 0.3 is 5.97 Å². The van der Waals surface area contributed by atoms with Gasteiger partial charge in [0.25, 0.3) is 6.47 Å². The summed E-state index contributed by atoms with van der Waals surface area (Å²) in [5, 5.41) is 20.3. The van der Waals surface area contributed by atoms with Gasteiger partial charge in [0, 0.05) is 22.0 Å². The maximum Gasteiger partial charge on any atom is 0.306 e. The normalized spacial score (nSPS) is 11.2. The van der Waals surface area contributed by atoms with Gasteiger partial charge in [-0.15, -0.1) is 0 Å². The van der Waals surface area contributed by atoms with E-state index < -0.39 is 6.10 Å². The number of anilines is 3. The van der Waals surface area contributed by atoms with Gasteiger partial charge in [-0.2, -0.15) is 4.98 Å². The van der Waals surface area contributed by atoms with Crippen molar-refractivity contribution < 1.29 is 24.5 Å². The Morgan fingerprint density at radius 3 is 2.75 bits per heavy atom. The molecule has 5 N–H and O–H groups in total. The quantitative estimate of drug-likeness (QED) is 0.266. The van der Waals surface area contributed by atoms with Crippen LogP contribution < -0.4 is 11.1 Å². The number of halogens is 1. The lowest BCUT2D eigenvalue weighted by atomic mass is 10.1. The van der Waals surface area contributed by atoms with E-state index in [1.165, 1.54) is 0 Å². The van der Waals surface area contributed by atoms with Gasteiger partial charge in [0.15, 0.2) is 0 Å². The van der Waals surface area contributed by atoms with E-state index in [9.17, 15) is 9.90 Å². The number of rotatable bonds is 8. The van der Waals surface area contributed by atoms with Crippen LogP contribution in [0.1, 0.15) is 25.3 Å². The van der Waals surface area contributed by atoms with Gasteiger partial charge in [-0.05, 0) is 48.7 Å². The van der Waals surface area contributed by atoms with Crippen molar-refractivity contribution in [2.45, 2.75) is 32.3 Å². The zero-order valence-electron chi connectivity index (χ0n) is 17.5. The number of nitrogens with zero attached hydrogens (tertiary/aromatic N) is 2. The molecule has 3 aromatic rings. The third-order valence-electron chi connectivity index (χ3n) is 4.40. The Hall–Kier alpha value is -3.24. The number of hydrogen-bond donors (Lipinski definition) is 4. The molecule has 1 heterocycles. The van der Waals surface area contributed by atoms with Gasteiger partial charge in [-0.1, -0.05) is 35.0 Å². The predicted molar refractivity (Wildman–Crippen MR) is 126 cm³/mol. The average molecular weight is 505 g/mol. The summed E-state index contributed by atoms with van der Waals surface area (Å²) in [5.41, 5.74) is 8.59. The monoisotopic (exact) mass is 504 g/mol. The SMILES string of the molecule is CCC(O)COC(=O)CCc1cccc(Nc2nc(N)c3cc(Br)ccc3n2)c1.O=CO. The highest BCUT2D eigenvalue weighted by Crippen LogP contribution is 2.25. The molecule has 170 valence electrons. The van der Waals surface area contributed by atoms with Crippen LogP contribution in [0.4, 0.5) is 17.5 Å². The first-order chi connectivity index (χ1) is 15.4. The van der Waals surface area contributed by atoms with Crippen molar-refractivity contribution in [1.82, 2.24) is 9.97 Å². The number of aryl methyl sites for hydroxylation is 1. The molecule has 0 saturated carbocycles. The van der Waals surface area contributed by atoms with E-state index in [2.05, 4.69) is 31.2 Å². The number of nitrogen functional groups attached to an aromatic ring is 1. The highest BCUT2D eigenvalue weighted by molar-refractivity contribution is 9.10. The lowest BCUT2D eigenvalue weighted by Gasteiger charge is -2.10. The fourth-order valence-electron chi connectivity index (χ4n) is 2.74. The number of carbonyl (C=O) groups is 2. The number of aliphatic hydroxyl groups is 1. The number of aromatic nitrogens is 2. The van der Waals surface area contributed by atoms with Crippen LogP contribution >= 0.6 is 15.9 Å². The molecule has 0 aliphatic heterocycles. The molecule has 0 amide bonds. The Labute approximate surface area is 193 Å². The molecule has 2 aromatic carbocycles. The van der Waals surface area contributed by atoms with Crippen molar-refractivity contribution in [1.29, 1.82) is 0 Å². The molecule has 0 aliphatic carbocycles. The average Bonchev–Trinajstić information content (AvgIpc) is 2.77. The van der Waals surface area contributed by atoms with Crippen LogP contribution in [0.5, 0.6) is 0 Å². The van der Waals surface area contributed by atoms with Gasteiger partial charge in [-0.3, -0.25) is 9.59 Å². The fraction of sp³-hybridized carbons (Fsp3) is 0.273. The lowest BCUT2D eigenvalue weighted by Crippen LogP contribution is -2.17. The summed E-state index contributed by atoms with van der Waals surface area (Å²) in [6.07, 6.45) is 0.723. The molecule has 0 spiro atoms. The first-order valence-corrected chi connectivity index (χ1v) is 10.7. The molecule has 0 aliphatic rings. The van der Waals surface area contributed by atoms with Gasteiger partial charge in [0.1, 0.15) is 12.4 Å². The van der Waals surface area contributed by atoms with Crippen LogP contribution in [0.2, 0.25) is 0 Å². The van der Waals surface area contributed by atoms with Gasteiger partial charge < -0.3 is 26.0 Å². The van der Waals surface area contributed by atoms with Crippen molar-refractivity contribution in [2.24, 2.45) is 0 Å². The standard InChI is InChI=1S/C21H23BrN4O3.CH2O2/c1-2-16(27)12-29-19(28)9-6-13-4-3-5-15(10-13)24-21-25-18-8-7-14(22)11-17(18)20(23)26-21;2-1-3/h3-5,7-8,10-11,16,27H,2,6,9,12H2,1H3,(H3,23,24,25,26);1H,(H,2,3). The van der Waals surface area contributed by atoms with Crippen molar-refractivity contribution in [3.63, 3.8) is 0 Å². The second-order valence-corrected chi connectivity index (χ2v) is 7.69. The molecule has 1 unspecified atom stereocenters. The summed E-state index contributed by atoms with van der Waals surface area (Å²) in [4.78, 5) is 29.0.